The number of thiophene rings is 1. The Morgan fingerprint density at radius 3 is 2.80 bits per heavy atom. The second-order valence-electron chi connectivity index (χ2n) is 6.08. The monoisotopic (exact) mass is 349 g/mol. The summed E-state index contributed by atoms with van der Waals surface area (Å²) in [5.41, 5.74) is 4.32. The molecular formula is C21H19NO2S. The Morgan fingerprint density at radius 1 is 1.08 bits per heavy atom. The molecule has 1 N–H and O–H groups in total. The van der Waals surface area contributed by atoms with E-state index < -0.39 is 0 Å². The van der Waals surface area contributed by atoms with Gasteiger partial charge in [0.05, 0.1) is 19.1 Å². The lowest BCUT2D eigenvalue weighted by molar-refractivity contribution is -0.119. The van der Waals surface area contributed by atoms with E-state index in [4.69, 9.17) is 4.74 Å². The Hall–Kier alpha value is -2.43. The molecule has 4 rings (SSSR count). The number of anilines is 1. The van der Waals surface area contributed by atoms with E-state index in [0.29, 0.717) is 13.0 Å². The molecule has 2 aromatic carbocycles. The third-order valence-corrected chi connectivity index (χ3v) is 5.35. The third-order valence-electron chi connectivity index (χ3n) is 4.45. The number of fused-ring (bicyclic) bond motifs is 1. The highest BCUT2D eigenvalue weighted by Gasteiger charge is 2.23. The van der Waals surface area contributed by atoms with Gasteiger partial charge in [0.1, 0.15) is 0 Å². The number of benzene rings is 2. The van der Waals surface area contributed by atoms with E-state index in [1.54, 1.807) is 11.3 Å². The molecule has 0 fully saturated rings. The Bertz CT molecular complexity index is 873. The van der Waals surface area contributed by atoms with Crippen LogP contribution in [-0.2, 0) is 16.0 Å². The molecule has 3 aromatic rings. The van der Waals surface area contributed by atoms with Gasteiger partial charge in [0.15, 0.2) is 0 Å². The van der Waals surface area contributed by atoms with Crippen molar-refractivity contribution in [1.29, 1.82) is 0 Å². The van der Waals surface area contributed by atoms with Crippen molar-refractivity contribution >= 4 is 22.9 Å². The molecule has 0 saturated carbocycles. The molecule has 1 aromatic heterocycles. The van der Waals surface area contributed by atoms with Crippen molar-refractivity contribution in [2.75, 3.05) is 11.9 Å². The number of carbonyl (C=O) groups is 1. The van der Waals surface area contributed by atoms with Crippen molar-refractivity contribution in [3.8, 4) is 10.4 Å². The maximum atomic E-state index is 12.6. The first-order valence-corrected chi connectivity index (χ1v) is 9.31. The second-order valence-corrected chi connectivity index (χ2v) is 7.03. The van der Waals surface area contributed by atoms with Gasteiger partial charge in [-0.05, 0) is 35.1 Å². The third kappa shape index (κ3) is 3.50. The van der Waals surface area contributed by atoms with E-state index >= 15 is 0 Å². The van der Waals surface area contributed by atoms with Crippen LogP contribution in [0.4, 0.5) is 5.69 Å². The van der Waals surface area contributed by atoms with Gasteiger partial charge in [-0.2, -0.15) is 0 Å². The summed E-state index contributed by atoms with van der Waals surface area (Å²) in [5, 5.41) is 5.11. The van der Waals surface area contributed by atoms with Crippen LogP contribution in [0.25, 0.3) is 10.4 Å². The average molecular weight is 349 g/mol. The standard InChI is InChI=1S/C21H19NO2S/c23-21(14-19-16-7-2-1-6-15(16)11-12-24-19)22-18-9-4-3-8-17(18)20-10-5-13-25-20/h1-10,13,19H,11-12,14H2,(H,22,23)/t19-/m0/s1. The van der Waals surface area contributed by atoms with Crippen LogP contribution in [0.5, 0.6) is 0 Å². The van der Waals surface area contributed by atoms with Crippen molar-refractivity contribution in [1.82, 2.24) is 0 Å². The predicted molar refractivity (Wildman–Crippen MR) is 102 cm³/mol. The molecule has 1 aliphatic heterocycles. The Morgan fingerprint density at radius 2 is 1.92 bits per heavy atom. The number of para-hydroxylation sites is 1. The first kappa shape index (κ1) is 16.1. The smallest absolute Gasteiger partial charge is 0.227 e. The van der Waals surface area contributed by atoms with Gasteiger partial charge in [0.25, 0.3) is 0 Å². The van der Waals surface area contributed by atoms with Gasteiger partial charge >= 0.3 is 0 Å². The van der Waals surface area contributed by atoms with Crippen LogP contribution in [0.2, 0.25) is 0 Å². The predicted octanol–water partition coefficient (Wildman–Crippen LogP) is 5.06. The first-order chi connectivity index (χ1) is 12.3. The van der Waals surface area contributed by atoms with Crippen LogP contribution in [-0.4, -0.2) is 12.5 Å². The summed E-state index contributed by atoms with van der Waals surface area (Å²) in [4.78, 5) is 13.8. The minimum atomic E-state index is -0.168. The van der Waals surface area contributed by atoms with E-state index in [2.05, 4.69) is 23.5 Å². The maximum absolute atomic E-state index is 12.6. The lowest BCUT2D eigenvalue weighted by Gasteiger charge is -2.25. The van der Waals surface area contributed by atoms with Gasteiger partial charge in [-0.15, -0.1) is 11.3 Å². The fourth-order valence-corrected chi connectivity index (χ4v) is 4.02. The average Bonchev–Trinajstić information content (AvgIpc) is 3.17. The van der Waals surface area contributed by atoms with Crippen LogP contribution >= 0.6 is 11.3 Å². The van der Waals surface area contributed by atoms with E-state index in [1.165, 1.54) is 5.56 Å². The Labute approximate surface area is 151 Å². The van der Waals surface area contributed by atoms with Crippen molar-refractivity contribution in [3.05, 3.63) is 77.2 Å². The van der Waals surface area contributed by atoms with Gasteiger partial charge in [-0.3, -0.25) is 4.79 Å². The zero-order valence-electron chi connectivity index (χ0n) is 13.8. The van der Waals surface area contributed by atoms with Crippen molar-refractivity contribution in [3.63, 3.8) is 0 Å². The topological polar surface area (TPSA) is 38.3 Å². The fourth-order valence-electron chi connectivity index (χ4n) is 3.25. The summed E-state index contributed by atoms with van der Waals surface area (Å²) in [6, 6.07) is 20.2. The zero-order valence-corrected chi connectivity index (χ0v) is 14.6. The highest BCUT2D eigenvalue weighted by atomic mass is 32.1. The first-order valence-electron chi connectivity index (χ1n) is 8.43. The van der Waals surface area contributed by atoms with Gasteiger partial charge in [-0.1, -0.05) is 48.5 Å². The van der Waals surface area contributed by atoms with Crippen molar-refractivity contribution in [2.24, 2.45) is 0 Å². The minimum absolute atomic E-state index is 0.0225. The summed E-state index contributed by atoms with van der Waals surface area (Å²) in [6.45, 7) is 0.667. The molecule has 0 radical (unpaired) electrons. The highest BCUT2D eigenvalue weighted by molar-refractivity contribution is 7.13. The molecule has 1 atom stereocenters. The summed E-state index contributed by atoms with van der Waals surface area (Å²) < 4.78 is 5.86. The SMILES string of the molecule is O=C(C[C@@H]1OCCc2ccccc21)Nc1ccccc1-c1cccs1. The minimum Gasteiger partial charge on any atom is -0.373 e. The van der Waals surface area contributed by atoms with E-state index in [9.17, 15) is 4.79 Å². The molecule has 3 nitrogen and oxygen atoms in total. The molecular weight excluding hydrogens is 330 g/mol. The molecule has 4 heteroatoms. The molecule has 0 aliphatic carbocycles. The number of hydrogen-bond acceptors (Lipinski definition) is 3. The second kappa shape index (κ2) is 7.21. The Balaban J connectivity index is 1.51. The van der Waals surface area contributed by atoms with E-state index in [-0.39, 0.29) is 12.0 Å². The summed E-state index contributed by atoms with van der Waals surface area (Å²) in [7, 11) is 0. The fraction of sp³-hybridized carbons (Fsp3) is 0.190. The largest absolute Gasteiger partial charge is 0.373 e. The van der Waals surface area contributed by atoms with Gasteiger partial charge in [0.2, 0.25) is 5.91 Å². The number of nitrogens with one attached hydrogen (secondary N) is 1. The van der Waals surface area contributed by atoms with Crippen LogP contribution < -0.4 is 5.32 Å². The molecule has 1 amide bonds. The summed E-state index contributed by atoms with van der Waals surface area (Å²) >= 11 is 1.67. The molecule has 0 spiro atoms. The highest BCUT2D eigenvalue weighted by Crippen LogP contribution is 2.33. The number of amides is 1. The van der Waals surface area contributed by atoms with Crippen LogP contribution in [0.3, 0.4) is 0 Å². The summed E-state index contributed by atoms with van der Waals surface area (Å²) in [6.07, 6.45) is 1.07. The molecule has 0 bridgehead atoms. The number of ether oxygens (including phenoxy) is 1. The normalized spacial score (nSPS) is 16.2. The number of carbonyl (C=O) groups excluding carboxylic acids is 1. The summed E-state index contributed by atoms with van der Waals surface area (Å²) in [5.74, 6) is -0.0225. The molecule has 2 heterocycles. The van der Waals surface area contributed by atoms with Gasteiger partial charge < -0.3 is 10.1 Å². The molecule has 25 heavy (non-hydrogen) atoms. The molecule has 126 valence electrons. The van der Waals surface area contributed by atoms with Crippen LogP contribution in [0, 0.1) is 0 Å². The number of rotatable bonds is 4. The van der Waals surface area contributed by atoms with Gasteiger partial charge in [-0.25, -0.2) is 0 Å². The quantitative estimate of drug-likeness (QED) is 0.715. The van der Waals surface area contributed by atoms with Gasteiger partial charge in [0, 0.05) is 16.1 Å². The molecule has 0 unspecified atom stereocenters. The van der Waals surface area contributed by atoms with E-state index in [1.807, 2.05) is 47.8 Å². The lowest BCUT2D eigenvalue weighted by atomic mass is 9.95. The number of hydrogen-bond donors (Lipinski definition) is 1. The molecule has 0 saturated heterocycles. The van der Waals surface area contributed by atoms with E-state index in [0.717, 1.165) is 28.1 Å². The van der Waals surface area contributed by atoms with Crippen molar-refractivity contribution in [2.45, 2.75) is 18.9 Å². The Kier molecular flexibility index (Phi) is 4.63. The van der Waals surface area contributed by atoms with Crippen molar-refractivity contribution < 1.29 is 9.53 Å². The maximum Gasteiger partial charge on any atom is 0.227 e. The zero-order chi connectivity index (χ0) is 17.1. The lowest BCUT2D eigenvalue weighted by Crippen LogP contribution is -2.22. The van der Waals surface area contributed by atoms with Crippen LogP contribution in [0.1, 0.15) is 23.7 Å². The molecule has 1 aliphatic rings. The van der Waals surface area contributed by atoms with Crippen LogP contribution in [0.15, 0.2) is 66.0 Å².